The van der Waals surface area contributed by atoms with Gasteiger partial charge in [0.05, 0.1) is 0 Å². The lowest BCUT2D eigenvalue weighted by molar-refractivity contribution is -0.167. The first-order valence-corrected chi connectivity index (χ1v) is 30.0. The van der Waals surface area contributed by atoms with E-state index in [1.807, 2.05) is 0 Å². The van der Waals surface area contributed by atoms with Gasteiger partial charge in [-0.05, 0) is 122 Å². The highest BCUT2D eigenvalue weighted by atomic mass is 16.6. The van der Waals surface area contributed by atoms with Gasteiger partial charge in [-0.2, -0.15) is 0 Å². The van der Waals surface area contributed by atoms with Gasteiger partial charge in [0.15, 0.2) is 6.10 Å². The maximum atomic E-state index is 12.8. The van der Waals surface area contributed by atoms with Crippen LogP contribution in [0.25, 0.3) is 0 Å². The van der Waals surface area contributed by atoms with Gasteiger partial charge in [0, 0.05) is 19.3 Å². The van der Waals surface area contributed by atoms with Crippen LogP contribution in [0.2, 0.25) is 0 Å². The fourth-order valence-electron chi connectivity index (χ4n) is 7.61. The number of hydrogen-bond donors (Lipinski definition) is 0. The van der Waals surface area contributed by atoms with Crippen molar-refractivity contribution in [1.29, 1.82) is 0 Å². The third-order valence-electron chi connectivity index (χ3n) is 12.0. The summed E-state index contributed by atoms with van der Waals surface area (Å²) in [5.41, 5.74) is 0. The molecule has 0 fully saturated rings. The number of carbonyl (C=O) groups excluding carboxylic acids is 3. The molecular formula is C69H108O6. The molecule has 0 aromatic heterocycles. The first-order valence-electron chi connectivity index (χ1n) is 30.0. The van der Waals surface area contributed by atoms with E-state index in [-0.39, 0.29) is 37.5 Å². The maximum Gasteiger partial charge on any atom is 0.306 e. The minimum Gasteiger partial charge on any atom is -0.462 e. The number of ether oxygens (including phenoxy) is 3. The molecule has 0 aliphatic rings. The molecule has 0 aliphatic carbocycles. The van der Waals surface area contributed by atoms with Gasteiger partial charge in [0.2, 0.25) is 0 Å². The molecule has 0 aliphatic heterocycles. The Kier molecular flexibility index (Phi) is 57.5. The average Bonchev–Trinajstić information content (AvgIpc) is 3.41. The highest BCUT2D eigenvalue weighted by molar-refractivity contribution is 5.71. The molecule has 0 rings (SSSR count). The van der Waals surface area contributed by atoms with Crippen LogP contribution in [0.4, 0.5) is 0 Å². The lowest BCUT2D eigenvalue weighted by atomic mass is 10.1. The highest BCUT2D eigenvalue weighted by Gasteiger charge is 2.19. The second-order valence-corrected chi connectivity index (χ2v) is 19.1. The number of carbonyl (C=O) groups is 3. The van der Waals surface area contributed by atoms with Gasteiger partial charge < -0.3 is 14.2 Å². The number of esters is 3. The van der Waals surface area contributed by atoms with Crippen molar-refractivity contribution in [3.63, 3.8) is 0 Å². The first kappa shape index (κ1) is 70.0. The van der Waals surface area contributed by atoms with E-state index in [0.717, 1.165) is 135 Å². The Bertz CT molecular complexity index is 1710. The summed E-state index contributed by atoms with van der Waals surface area (Å²) < 4.78 is 16.7. The first-order chi connectivity index (χ1) is 37.0. The molecule has 0 bridgehead atoms. The summed E-state index contributed by atoms with van der Waals surface area (Å²) in [5, 5.41) is 0. The van der Waals surface area contributed by atoms with Crippen LogP contribution in [0, 0.1) is 0 Å². The molecule has 0 saturated carbocycles. The monoisotopic (exact) mass is 1030 g/mol. The van der Waals surface area contributed by atoms with Crippen LogP contribution in [-0.4, -0.2) is 37.2 Å². The van der Waals surface area contributed by atoms with E-state index >= 15 is 0 Å². The van der Waals surface area contributed by atoms with Crippen LogP contribution in [0.1, 0.15) is 239 Å². The fraction of sp³-hybridized carbons (Fsp3) is 0.580. The van der Waals surface area contributed by atoms with E-state index in [9.17, 15) is 14.4 Å². The van der Waals surface area contributed by atoms with Crippen molar-refractivity contribution in [3.05, 3.63) is 158 Å². The van der Waals surface area contributed by atoms with Crippen molar-refractivity contribution in [2.24, 2.45) is 0 Å². The SMILES string of the molecule is CC/C=C\C/C=C\C/C=C\C/C=C\C/C=C\C/C=C\C/C=C\C/C=C\CCCCCCCCCCC(=O)OCC(COC(=O)CCCCCCCCC)OC(=O)CCC/C=C\C/C=C\C/C=C\C/C=C\C/C=C\CC. The second-order valence-electron chi connectivity index (χ2n) is 19.1. The van der Waals surface area contributed by atoms with Crippen molar-refractivity contribution in [2.75, 3.05) is 13.2 Å². The Labute approximate surface area is 460 Å². The molecule has 0 aromatic carbocycles. The molecule has 6 heteroatoms. The molecule has 1 unspecified atom stereocenters. The minimum absolute atomic E-state index is 0.108. The zero-order chi connectivity index (χ0) is 54.3. The molecule has 0 spiro atoms. The quantitative estimate of drug-likeness (QED) is 0.0261. The molecule has 0 radical (unpaired) electrons. The number of rotatable bonds is 52. The number of allylic oxidation sites excluding steroid dienone is 26. The molecule has 6 nitrogen and oxygen atoms in total. The van der Waals surface area contributed by atoms with Crippen LogP contribution in [0.3, 0.4) is 0 Å². The van der Waals surface area contributed by atoms with Crippen molar-refractivity contribution < 1.29 is 28.6 Å². The summed E-state index contributed by atoms with van der Waals surface area (Å²) in [6, 6.07) is 0. The van der Waals surface area contributed by atoms with E-state index in [1.54, 1.807) is 0 Å². The van der Waals surface area contributed by atoms with E-state index in [4.69, 9.17) is 14.2 Å². The fourth-order valence-corrected chi connectivity index (χ4v) is 7.61. The summed E-state index contributed by atoms with van der Waals surface area (Å²) in [6.07, 6.45) is 89.9. The van der Waals surface area contributed by atoms with Gasteiger partial charge in [0.1, 0.15) is 13.2 Å². The third-order valence-corrected chi connectivity index (χ3v) is 12.0. The van der Waals surface area contributed by atoms with Gasteiger partial charge in [-0.1, -0.05) is 256 Å². The Balaban J connectivity index is 4.23. The standard InChI is InChI=1S/C69H108O6/c1-4-7-10-13-16-18-20-22-24-26-27-28-29-30-31-32-33-34-35-36-37-38-39-40-41-43-44-46-48-50-53-56-59-62-68(71)74-65-66(64-73-67(70)61-58-55-52-15-12-9-6-3)75-69(72)63-60-57-54-51-49-47-45-42-25-23-21-19-17-14-11-8-5-2/h7-8,10-11,16-19,22-25,27-28,30-31,33-34,36-37,39-40,45,47,51,54,66H,4-6,9,12-15,20-21,26,29,32,35,38,41-44,46,48-50,52-53,55-65H2,1-3H3/b10-7-,11-8-,18-16-,19-17-,24-22-,25-23-,28-27-,31-30-,34-33-,37-36-,40-39-,47-45-,54-51-. The normalized spacial score (nSPS) is 13.3. The van der Waals surface area contributed by atoms with Crippen molar-refractivity contribution in [3.8, 4) is 0 Å². The number of hydrogen-bond acceptors (Lipinski definition) is 6. The topological polar surface area (TPSA) is 78.9 Å². The van der Waals surface area contributed by atoms with Crippen LogP contribution in [-0.2, 0) is 28.6 Å². The minimum atomic E-state index is -0.815. The van der Waals surface area contributed by atoms with Gasteiger partial charge in [0.25, 0.3) is 0 Å². The van der Waals surface area contributed by atoms with Crippen molar-refractivity contribution in [1.82, 2.24) is 0 Å². The summed E-state index contributed by atoms with van der Waals surface area (Å²) in [5.74, 6) is -0.990. The predicted molar refractivity (Wildman–Crippen MR) is 325 cm³/mol. The molecule has 0 amide bonds. The summed E-state index contributed by atoms with van der Waals surface area (Å²) in [6.45, 7) is 6.29. The highest BCUT2D eigenvalue weighted by Crippen LogP contribution is 2.13. The van der Waals surface area contributed by atoms with Gasteiger partial charge in [-0.25, -0.2) is 0 Å². The lowest BCUT2D eigenvalue weighted by Gasteiger charge is -2.18. The maximum absolute atomic E-state index is 12.8. The Morgan fingerprint density at radius 1 is 0.280 bits per heavy atom. The van der Waals surface area contributed by atoms with Crippen LogP contribution in [0.15, 0.2) is 158 Å². The molecule has 75 heavy (non-hydrogen) atoms. The molecule has 0 N–H and O–H groups in total. The van der Waals surface area contributed by atoms with Crippen LogP contribution >= 0.6 is 0 Å². The smallest absolute Gasteiger partial charge is 0.306 e. The summed E-state index contributed by atoms with van der Waals surface area (Å²) in [7, 11) is 0. The van der Waals surface area contributed by atoms with Crippen molar-refractivity contribution >= 4 is 17.9 Å². The van der Waals surface area contributed by atoms with E-state index in [2.05, 4.69) is 179 Å². The van der Waals surface area contributed by atoms with E-state index < -0.39 is 6.10 Å². The summed E-state index contributed by atoms with van der Waals surface area (Å²) >= 11 is 0. The zero-order valence-corrected chi connectivity index (χ0v) is 48.0. The Morgan fingerprint density at radius 3 is 0.853 bits per heavy atom. The van der Waals surface area contributed by atoms with E-state index in [1.165, 1.54) is 57.8 Å². The van der Waals surface area contributed by atoms with Crippen LogP contribution in [0.5, 0.6) is 0 Å². The predicted octanol–water partition coefficient (Wildman–Crippen LogP) is 20.5. The second kappa shape index (κ2) is 61.6. The summed E-state index contributed by atoms with van der Waals surface area (Å²) in [4.78, 5) is 37.9. The molecular weight excluding hydrogens is 925 g/mol. The van der Waals surface area contributed by atoms with Gasteiger partial charge in [-0.15, -0.1) is 0 Å². The Hall–Kier alpha value is -4.97. The van der Waals surface area contributed by atoms with E-state index in [0.29, 0.717) is 19.3 Å². The molecule has 0 aromatic rings. The third kappa shape index (κ3) is 59.8. The number of unbranched alkanes of at least 4 members (excludes halogenated alkanes) is 15. The molecule has 420 valence electrons. The zero-order valence-electron chi connectivity index (χ0n) is 48.0. The molecule has 0 saturated heterocycles. The van der Waals surface area contributed by atoms with Crippen molar-refractivity contribution in [2.45, 2.75) is 245 Å². The van der Waals surface area contributed by atoms with Crippen LogP contribution < -0.4 is 0 Å². The largest absolute Gasteiger partial charge is 0.462 e. The lowest BCUT2D eigenvalue weighted by Crippen LogP contribution is -2.30. The average molecular weight is 1030 g/mol. The van der Waals surface area contributed by atoms with Gasteiger partial charge >= 0.3 is 17.9 Å². The molecule has 0 heterocycles. The molecule has 1 atom stereocenters. The van der Waals surface area contributed by atoms with Gasteiger partial charge in [-0.3, -0.25) is 14.4 Å². The Morgan fingerprint density at radius 2 is 0.533 bits per heavy atom.